The zero-order valence-electron chi connectivity index (χ0n) is 10.1. The van der Waals surface area contributed by atoms with Gasteiger partial charge in [-0.1, -0.05) is 24.3 Å². The molecule has 0 fully saturated rings. The van der Waals surface area contributed by atoms with E-state index in [1.54, 1.807) is 12.3 Å². The number of aromatic nitrogens is 4. The van der Waals surface area contributed by atoms with Crippen molar-refractivity contribution < 1.29 is 9.90 Å². The largest absolute Gasteiger partial charge is 0.475 e. The lowest BCUT2D eigenvalue weighted by atomic mass is 10.1. The minimum atomic E-state index is -1.17. The quantitative estimate of drug-likeness (QED) is 0.754. The molecule has 0 aliphatic carbocycles. The second-order valence-electron chi connectivity index (χ2n) is 4.10. The van der Waals surface area contributed by atoms with E-state index in [0.717, 1.165) is 16.8 Å². The van der Waals surface area contributed by atoms with Crippen molar-refractivity contribution in [1.82, 2.24) is 19.6 Å². The van der Waals surface area contributed by atoms with E-state index in [2.05, 4.69) is 15.1 Å². The van der Waals surface area contributed by atoms with E-state index < -0.39 is 5.97 Å². The van der Waals surface area contributed by atoms with Crippen LogP contribution in [0.25, 0.3) is 17.0 Å². The summed E-state index contributed by atoms with van der Waals surface area (Å²) < 4.78 is 1.45. The molecule has 6 nitrogen and oxygen atoms in total. The summed E-state index contributed by atoms with van der Waals surface area (Å²) in [4.78, 5) is 18.8. The van der Waals surface area contributed by atoms with Crippen LogP contribution in [0.2, 0.25) is 0 Å². The van der Waals surface area contributed by atoms with Gasteiger partial charge in [0, 0.05) is 11.8 Å². The van der Waals surface area contributed by atoms with E-state index in [9.17, 15) is 4.79 Å². The minimum absolute atomic E-state index is 0.256. The Kier molecular flexibility index (Phi) is 2.49. The first-order valence-electron chi connectivity index (χ1n) is 5.68. The molecular formula is C13H10N4O2. The molecule has 94 valence electrons. The maximum Gasteiger partial charge on any atom is 0.375 e. The summed E-state index contributed by atoms with van der Waals surface area (Å²) in [6, 6.07) is 9.59. The van der Waals surface area contributed by atoms with Crippen LogP contribution in [-0.2, 0) is 0 Å². The van der Waals surface area contributed by atoms with Crippen LogP contribution in [0, 0.1) is 6.92 Å². The lowest BCUT2D eigenvalue weighted by Gasteiger charge is -2.06. The Morgan fingerprint density at radius 2 is 2.05 bits per heavy atom. The molecule has 0 aliphatic heterocycles. The third kappa shape index (κ3) is 1.83. The number of nitrogens with zero attached hydrogens (tertiary/aromatic N) is 4. The van der Waals surface area contributed by atoms with Gasteiger partial charge in [0.15, 0.2) is 0 Å². The summed E-state index contributed by atoms with van der Waals surface area (Å²) in [6.07, 6.45) is 1.59. The number of carboxylic acids is 1. The molecule has 19 heavy (non-hydrogen) atoms. The summed E-state index contributed by atoms with van der Waals surface area (Å²) in [5.74, 6) is -1.15. The van der Waals surface area contributed by atoms with Crippen LogP contribution in [0.15, 0.2) is 36.5 Å². The first kappa shape index (κ1) is 11.3. The van der Waals surface area contributed by atoms with Crippen LogP contribution < -0.4 is 0 Å². The van der Waals surface area contributed by atoms with Gasteiger partial charge in [0.1, 0.15) is 0 Å². The van der Waals surface area contributed by atoms with Crippen molar-refractivity contribution in [2.24, 2.45) is 0 Å². The topological polar surface area (TPSA) is 80.4 Å². The van der Waals surface area contributed by atoms with Gasteiger partial charge in [-0.3, -0.25) is 0 Å². The molecule has 3 aromatic rings. The zero-order chi connectivity index (χ0) is 13.4. The molecule has 2 aromatic heterocycles. The normalized spacial score (nSPS) is 10.8. The number of aryl methyl sites for hydroxylation is 1. The molecule has 0 bridgehead atoms. The maximum absolute atomic E-state index is 10.9. The van der Waals surface area contributed by atoms with Crippen molar-refractivity contribution in [3.63, 3.8) is 0 Å². The fourth-order valence-corrected chi connectivity index (χ4v) is 1.95. The van der Waals surface area contributed by atoms with E-state index in [-0.39, 0.29) is 11.6 Å². The number of carbonyl (C=O) groups is 1. The lowest BCUT2D eigenvalue weighted by molar-refractivity contribution is 0.0684. The minimum Gasteiger partial charge on any atom is -0.475 e. The number of carboxylic acid groups (broad SMARTS) is 1. The molecule has 0 saturated heterocycles. The number of hydrogen-bond acceptors (Lipinski definition) is 4. The third-order valence-electron chi connectivity index (χ3n) is 2.85. The second kappa shape index (κ2) is 4.16. The molecule has 0 spiro atoms. The fraction of sp³-hybridized carbons (Fsp3) is 0.0769. The van der Waals surface area contributed by atoms with E-state index in [4.69, 9.17) is 5.11 Å². The Balaban J connectivity index is 2.30. The molecule has 0 aliphatic rings. The molecule has 6 heteroatoms. The van der Waals surface area contributed by atoms with E-state index in [0.29, 0.717) is 0 Å². The van der Waals surface area contributed by atoms with Crippen LogP contribution in [0.3, 0.4) is 0 Å². The highest BCUT2D eigenvalue weighted by atomic mass is 16.4. The lowest BCUT2D eigenvalue weighted by Crippen LogP contribution is -2.00. The van der Waals surface area contributed by atoms with E-state index in [1.165, 1.54) is 4.52 Å². The van der Waals surface area contributed by atoms with Gasteiger partial charge in [-0.05, 0) is 18.6 Å². The molecule has 0 radical (unpaired) electrons. The highest BCUT2D eigenvalue weighted by Gasteiger charge is 2.14. The van der Waals surface area contributed by atoms with Crippen LogP contribution >= 0.6 is 0 Å². The van der Waals surface area contributed by atoms with Gasteiger partial charge in [0.2, 0.25) is 0 Å². The summed E-state index contributed by atoms with van der Waals surface area (Å²) in [5.41, 5.74) is 2.81. The number of aromatic carboxylic acids is 1. The molecule has 1 N–H and O–H groups in total. The summed E-state index contributed by atoms with van der Waals surface area (Å²) in [7, 11) is 0. The van der Waals surface area contributed by atoms with E-state index >= 15 is 0 Å². The molecule has 0 unspecified atom stereocenters. The van der Waals surface area contributed by atoms with Gasteiger partial charge in [0.25, 0.3) is 11.6 Å². The standard InChI is InChI=1S/C13H10N4O2/c1-8-4-2-3-5-9(8)10-6-7-14-13-15-11(12(18)19)16-17(10)13/h2-7H,1H3,(H,18,19). The molecule has 0 amide bonds. The second-order valence-corrected chi connectivity index (χ2v) is 4.10. The van der Waals surface area contributed by atoms with Crippen molar-refractivity contribution in [2.45, 2.75) is 6.92 Å². The van der Waals surface area contributed by atoms with Crippen molar-refractivity contribution in [3.05, 3.63) is 47.9 Å². The van der Waals surface area contributed by atoms with Gasteiger partial charge in [-0.2, -0.15) is 9.50 Å². The number of benzene rings is 1. The van der Waals surface area contributed by atoms with Gasteiger partial charge < -0.3 is 5.11 Å². The Labute approximate surface area is 108 Å². The molecular weight excluding hydrogens is 244 g/mol. The third-order valence-corrected chi connectivity index (χ3v) is 2.85. The van der Waals surface area contributed by atoms with Crippen molar-refractivity contribution in [3.8, 4) is 11.3 Å². The van der Waals surface area contributed by atoms with Gasteiger partial charge in [-0.15, -0.1) is 5.10 Å². The van der Waals surface area contributed by atoms with Crippen LogP contribution in [0.1, 0.15) is 16.2 Å². The predicted molar refractivity (Wildman–Crippen MR) is 67.9 cm³/mol. The predicted octanol–water partition coefficient (Wildman–Crippen LogP) is 1.80. The molecule has 1 aromatic carbocycles. The highest BCUT2D eigenvalue weighted by molar-refractivity contribution is 5.83. The monoisotopic (exact) mass is 254 g/mol. The zero-order valence-corrected chi connectivity index (χ0v) is 10.1. The van der Waals surface area contributed by atoms with Crippen molar-refractivity contribution in [1.29, 1.82) is 0 Å². The number of fused-ring (bicyclic) bond motifs is 1. The fourth-order valence-electron chi connectivity index (χ4n) is 1.95. The number of rotatable bonds is 2. The van der Waals surface area contributed by atoms with Gasteiger partial charge >= 0.3 is 5.97 Å². The SMILES string of the molecule is Cc1ccccc1-c1ccnc2nc(C(=O)O)nn12. The highest BCUT2D eigenvalue weighted by Crippen LogP contribution is 2.22. The smallest absolute Gasteiger partial charge is 0.375 e. The van der Waals surface area contributed by atoms with Crippen LogP contribution in [0.5, 0.6) is 0 Å². The van der Waals surface area contributed by atoms with Gasteiger partial charge in [-0.25, -0.2) is 9.78 Å². The number of hydrogen-bond donors (Lipinski definition) is 1. The molecule has 3 rings (SSSR count). The summed E-state index contributed by atoms with van der Waals surface area (Å²) >= 11 is 0. The van der Waals surface area contributed by atoms with E-state index in [1.807, 2.05) is 31.2 Å². The maximum atomic E-state index is 10.9. The van der Waals surface area contributed by atoms with Crippen LogP contribution in [0.4, 0.5) is 0 Å². The first-order valence-corrected chi connectivity index (χ1v) is 5.68. The Morgan fingerprint density at radius 3 is 2.79 bits per heavy atom. The Hall–Kier alpha value is -2.76. The Morgan fingerprint density at radius 1 is 1.26 bits per heavy atom. The van der Waals surface area contributed by atoms with Gasteiger partial charge in [0.05, 0.1) is 5.69 Å². The summed E-state index contributed by atoms with van der Waals surface area (Å²) in [6.45, 7) is 1.98. The van der Waals surface area contributed by atoms with Crippen LogP contribution in [-0.4, -0.2) is 30.7 Å². The average Bonchev–Trinajstić information content (AvgIpc) is 2.83. The first-order chi connectivity index (χ1) is 9.16. The average molecular weight is 254 g/mol. The Bertz CT molecular complexity index is 779. The van der Waals surface area contributed by atoms with Crippen molar-refractivity contribution >= 4 is 11.7 Å². The molecule has 0 atom stereocenters. The molecule has 2 heterocycles. The molecule has 0 saturated carbocycles. The van der Waals surface area contributed by atoms with Crippen molar-refractivity contribution in [2.75, 3.05) is 0 Å². The summed E-state index contributed by atoms with van der Waals surface area (Å²) in [5, 5.41) is 12.9.